The number of benzene rings is 1. The Morgan fingerprint density at radius 3 is 3.00 bits per heavy atom. The van der Waals surface area contributed by atoms with Gasteiger partial charge in [-0.05, 0) is 18.6 Å². The smallest absolute Gasteiger partial charge is 0.335 e. The second-order valence-electron chi connectivity index (χ2n) is 3.72. The van der Waals surface area contributed by atoms with E-state index in [0.717, 1.165) is 12.8 Å². The largest absolute Gasteiger partial charge is 0.490 e. The molecule has 0 fully saturated rings. The molecule has 1 aromatic carbocycles. The van der Waals surface area contributed by atoms with Gasteiger partial charge in [0.25, 0.3) is 0 Å². The van der Waals surface area contributed by atoms with Crippen LogP contribution in [0.3, 0.4) is 0 Å². The van der Waals surface area contributed by atoms with Crippen molar-refractivity contribution >= 4 is 5.97 Å². The van der Waals surface area contributed by atoms with E-state index < -0.39 is 5.97 Å². The molecule has 0 bridgehead atoms. The molecule has 0 spiro atoms. The monoisotopic (exact) mass is 238 g/mol. The van der Waals surface area contributed by atoms with Crippen LogP contribution in [-0.2, 0) is 0 Å². The number of aromatic carboxylic acids is 1. The number of fused-ring (bicyclic) bond motifs is 1. The summed E-state index contributed by atoms with van der Waals surface area (Å²) in [5, 5.41) is 8.96. The molecule has 0 aliphatic carbocycles. The fourth-order valence-electron chi connectivity index (χ4n) is 1.54. The highest BCUT2D eigenvalue weighted by atomic mass is 16.7. The molecule has 1 heterocycles. The average Bonchev–Trinajstić information content (AvgIpc) is 2.77. The number of carbonyl (C=O) groups is 1. The fourth-order valence-corrected chi connectivity index (χ4v) is 1.54. The first-order valence-electron chi connectivity index (χ1n) is 5.52. The van der Waals surface area contributed by atoms with E-state index in [-0.39, 0.29) is 12.4 Å². The Morgan fingerprint density at radius 2 is 2.29 bits per heavy atom. The van der Waals surface area contributed by atoms with Crippen molar-refractivity contribution in [3.05, 3.63) is 17.7 Å². The maximum absolute atomic E-state index is 10.9. The van der Waals surface area contributed by atoms with Crippen molar-refractivity contribution in [3.8, 4) is 17.2 Å². The Balaban J connectivity index is 2.25. The lowest BCUT2D eigenvalue weighted by molar-refractivity contribution is 0.0696. The predicted molar refractivity (Wildman–Crippen MR) is 59.9 cm³/mol. The van der Waals surface area contributed by atoms with Crippen LogP contribution in [-0.4, -0.2) is 24.5 Å². The minimum absolute atomic E-state index is 0.0997. The number of ether oxygens (including phenoxy) is 3. The fraction of sp³-hybridized carbons (Fsp3) is 0.417. The van der Waals surface area contributed by atoms with E-state index in [9.17, 15) is 4.79 Å². The Labute approximate surface area is 98.9 Å². The minimum Gasteiger partial charge on any atom is -0.490 e. The molecule has 0 saturated heterocycles. The molecule has 0 aromatic heterocycles. The first-order chi connectivity index (χ1) is 8.22. The molecule has 2 rings (SSSR count). The second kappa shape index (κ2) is 4.95. The van der Waals surface area contributed by atoms with Gasteiger partial charge in [0.1, 0.15) is 0 Å². The van der Waals surface area contributed by atoms with Gasteiger partial charge in [-0.25, -0.2) is 4.79 Å². The van der Waals surface area contributed by atoms with Crippen molar-refractivity contribution in [1.29, 1.82) is 0 Å². The van der Waals surface area contributed by atoms with E-state index in [4.69, 9.17) is 19.3 Å². The predicted octanol–water partition coefficient (Wildman–Crippen LogP) is 2.29. The van der Waals surface area contributed by atoms with E-state index in [1.807, 2.05) is 0 Å². The van der Waals surface area contributed by atoms with Crippen LogP contribution in [0.2, 0.25) is 0 Å². The molecule has 0 saturated carbocycles. The molecular weight excluding hydrogens is 224 g/mol. The number of hydrogen-bond donors (Lipinski definition) is 1. The maximum Gasteiger partial charge on any atom is 0.335 e. The third-order valence-corrected chi connectivity index (χ3v) is 2.44. The molecule has 0 unspecified atom stereocenters. The summed E-state index contributed by atoms with van der Waals surface area (Å²) in [4.78, 5) is 10.9. The topological polar surface area (TPSA) is 65.0 Å². The number of unbranched alkanes of at least 4 members (excludes halogenated alkanes) is 1. The standard InChI is InChI=1S/C12H14O5/c1-2-3-4-15-9-5-8(12(13)14)6-10-11(9)17-7-16-10/h5-6H,2-4,7H2,1H3,(H,13,14). The summed E-state index contributed by atoms with van der Waals surface area (Å²) in [6, 6.07) is 2.91. The van der Waals surface area contributed by atoms with Crippen molar-refractivity contribution in [1.82, 2.24) is 0 Å². The Morgan fingerprint density at radius 1 is 1.47 bits per heavy atom. The molecule has 1 aliphatic rings. The molecular formula is C12H14O5. The van der Waals surface area contributed by atoms with E-state index >= 15 is 0 Å². The quantitative estimate of drug-likeness (QED) is 0.797. The summed E-state index contributed by atoms with van der Waals surface area (Å²) in [6.45, 7) is 2.69. The molecule has 92 valence electrons. The highest BCUT2D eigenvalue weighted by Crippen LogP contribution is 2.42. The first kappa shape index (κ1) is 11.6. The zero-order valence-electron chi connectivity index (χ0n) is 9.56. The van der Waals surface area contributed by atoms with Gasteiger partial charge in [-0.2, -0.15) is 0 Å². The number of rotatable bonds is 5. The second-order valence-corrected chi connectivity index (χ2v) is 3.72. The summed E-state index contributed by atoms with van der Waals surface area (Å²) in [5.41, 5.74) is 0.140. The molecule has 0 amide bonds. The molecule has 17 heavy (non-hydrogen) atoms. The van der Waals surface area contributed by atoms with Crippen molar-refractivity contribution in [3.63, 3.8) is 0 Å². The van der Waals surface area contributed by atoms with Crippen LogP contribution in [0, 0.1) is 0 Å². The van der Waals surface area contributed by atoms with Crippen molar-refractivity contribution in [2.24, 2.45) is 0 Å². The first-order valence-corrected chi connectivity index (χ1v) is 5.52. The summed E-state index contributed by atoms with van der Waals surface area (Å²) in [6.07, 6.45) is 1.92. The van der Waals surface area contributed by atoms with Crippen molar-refractivity contribution < 1.29 is 24.1 Å². The molecule has 1 aromatic rings. The average molecular weight is 238 g/mol. The third-order valence-electron chi connectivity index (χ3n) is 2.44. The van der Waals surface area contributed by atoms with E-state index in [2.05, 4.69) is 6.92 Å². The van der Waals surface area contributed by atoms with Gasteiger partial charge in [0.2, 0.25) is 12.5 Å². The van der Waals surface area contributed by atoms with E-state index in [0.29, 0.717) is 23.9 Å². The summed E-state index contributed by atoms with van der Waals surface area (Å²) >= 11 is 0. The van der Waals surface area contributed by atoms with Gasteiger partial charge >= 0.3 is 5.97 Å². The van der Waals surface area contributed by atoms with Crippen LogP contribution in [0.15, 0.2) is 12.1 Å². The molecule has 1 aliphatic heterocycles. The van der Waals surface area contributed by atoms with Crippen LogP contribution in [0.4, 0.5) is 0 Å². The normalized spacial score (nSPS) is 12.5. The van der Waals surface area contributed by atoms with Crippen LogP contribution in [0.25, 0.3) is 0 Å². The van der Waals surface area contributed by atoms with Gasteiger partial charge < -0.3 is 19.3 Å². The van der Waals surface area contributed by atoms with Gasteiger partial charge in [-0.1, -0.05) is 13.3 Å². The van der Waals surface area contributed by atoms with Gasteiger partial charge in [0.05, 0.1) is 12.2 Å². The maximum atomic E-state index is 10.9. The number of hydrogen-bond acceptors (Lipinski definition) is 4. The van der Waals surface area contributed by atoms with Crippen LogP contribution in [0.5, 0.6) is 17.2 Å². The van der Waals surface area contributed by atoms with Crippen molar-refractivity contribution in [2.75, 3.05) is 13.4 Å². The lowest BCUT2D eigenvalue weighted by atomic mass is 10.2. The Kier molecular flexibility index (Phi) is 3.37. The summed E-state index contributed by atoms with van der Waals surface area (Å²) in [5.74, 6) is 0.344. The molecule has 1 N–H and O–H groups in total. The van der Waals surface area contributed by atoms with E-state index in [1.54, 1.807) is 0 Å². The van der Waals surface area contributed by atoms with Crippen LogP contribution in [0.1, 0.15) is 30.1 Å². The lowest BCUT2D eigenvalue weighted by Gasteiger charge is -2.09. The highest BCUT2D eigenvalue weighted by molar-refractivity contribution is 5.89. The zero-order valence-corrected chi connectivity index (χ0v) is 9.56. The number of carboxylic acid groups (broad SMARTS) is 1. The summed E-state index contributed by atoms with van der Waals surface area (Å²) in [7, 11) is 0. The Hall–Kier alpha value is -1.91. The molecule has 0 atom stereocenters. The van der Waals surface area contributed by atoms with E-state index in [1.165, 1.54) is 12.1 Å². The van der Waals surface area contributed by atoms with Gasteiger partial charge in [-0.15, -0.1) is 0 Å². The highest BCUT2D eigenvalue weighted by Gasteiger charge is 2.22. The van der Waals surface area contributed by atoms with Gasteiger partial charge in [0, 0.05) is 0 Å². The molecule has 5 heteroatoms. The lowest BCUT2D eigenvalue weighted by Crippen LogP contribution is -2.01. The van der Waals surface area contributed by atoms with Crippen LogP contribution >= 0.6 is 0 Å². The van der Waals surface area contributed by atoms with Gasteiger partial charge in [0.15, 0.2) is 11.5 Å². The van der Waals surface area contributed by atoms with Crippen molar-refractivity contribution in [2.45, 2.75) is 19.8 Å². The minimum atomic E-state index is -1.01. The van der Waals surface area contributed by atoms with Crippen LogP contribution < -0.4 is 14.2 Å². The van der Waals surface area contributed by atoms with Gasteiger partial charge in [-0.3, -0.25) is 0 Å². The zero-order chi connectivity index (χ0) is 12.3. The Bertz CT molecular complexity index is 427. The molecule has 5 nitrogen and oxygen atoms in total. The molecule has 0 radical (unpaired) electrons. The third kappa shape index (κ3) is 2.43. The number of carboxylic acids is 1. The SMILES string of the molecule is CCCCOc1cc(C(=O)O)cc2c1OCO2. The summed E-state index contributed by atoms with van der Waals surface area (Å²) < 4.78 is 15.9.